The van der Waals surface area contributed by atoms with E-state index in [9.17, 15) is 13.2 Å². The molecule has 1 aromatic carbocycles. The van der Waals surface area contributed by atoms with Crippen molar-refractivity contribution in [1.29, 1.82) is 0 Å². The number of hydrogen-bond acceptors (Lipinski definition) is 4. The molecular formula is C16H20N2O3S2. The summed E-state index contributed by atoms with van der Waals surface area (Å²) >= 11 is 1.17. The molecule has 0 aliphatic rings. The van der Waals surface area contributed by atoms with Crippen molar-refractivity contribution in [2.24, 2.45) is 0 Å². The largest absolute Gasteiger partial charge is 0.341 e. The smallest absolute Gasteiger partial charge is 0.250 e. The Hall–Kier alpha value is -1.70. The van der Waals surface area contributed by atoms with Crippen LogP contribution in [0.5, 0.6) is 0 Å². The van der Waals surface area contributed by atoms with Crippen LogP contribution in [0, 0.1) is 0 Å². The van der Waals surface area contributed by atoms with Gasteiger partial charge in [-0.05, 0) is 23.4 Å². The van der Waals surface area contributed by atoms with Crippen molar-refractivity contribution in [3.8, 4) is 0 Å². The summed E-state index contributed by atoms with van der Waals surface area (Å²) in [5, 5.41) is 1.72. The van der Waals surface area contributed by atoms with Crippen LogP contribution in [-0.2, 0) is 21.2 Å². The summed E-state index contributed by atoms with van der Waals surface area (Å²) in [7, 11) is -3.47. The highest BCUT2D eigenvalue weighted by molar-refractivity contribution is 7.91. The highest BCUT2D eigenvalue weighted by atomic mass is 32.2. The van der Waals surface area contributed by atoms with Crippen LogP contribution in [0.2, 0.25) is 0 Å². The molecule has 0 saturated heterocycles. The third-order valence-electron chi connectivity index (χ3n) is 3.39. The van der Waals surface area contributed by atoms with Gasteiger partial charge in [0.1, 0.15) is 4.21 Å². The Kier molecular flexibility index (Phi) is 6.32. The number of thiophene rings is 1. The lowest BCUT2D eigenvalue weighted by Crippen LogP contribution is -2.38. The summed E-state index contributed by atoms with van der Waals surface area (Å²) in [6, 6.07) is 13.2. The molecule has 1 aromatic heterocycles. The standard InChI is InChI=1S/C16H20N2O3S2/c1-14(19)18(11-9-15-6-3-2-4-7-15)12-10-17-23(20,21)16-8-5-13-22-16/h2-8,13,17H,9-12H2,1H3. The predicted molar refractivity (Wildman–Crippen MR) is 91.9 cm³/mol. The van der Waals surface area contributed by atoms with Gasteiger partial charge in [-0.15, -0.1) is 11.3 Å². The summed E-state index contributed by atoms with van der Waals surface area (Å²) < 4.78 is 26.9. The summed E-state index contributed by atoms with van der Waals surface area (Å²) in [5.74, 6) is -0.0590. The molecule has 0 radical (unpaired) electrons. The maximum atomic E-state index is 12.0. The van der Waals surface area contributed by atoms with E-state index < -0.39 is 10.0 Å². The molecule has 0 aliphatic heterocycles. The topological polar surface area (TPSA) is 66.5 Å². The van der Waals surface area contributed by atoms with Gasteiger partial charge < -0.3 is 4.90 Å². The lowest BCUT2D eigenvalue weighted by atomic mass is 10.1. The number of benzene rings is 1. The monoisotopic (exact) mass is 352 g/mol. The van der Waals surface area contributed by atoms with E-state index in [4.69, 9.17) is 0 Å². The van der Waals surface area contributed by atoms with E-state index in [1.807, 2.05) is 30.3 Å². The molecule has 2 rings (SSSR count). The maximum absolute atomic E-state index is 12.0. The van der Waals surface area contributed by atoms with Crippen LogP contribution < -0.4 is 4.72 Å². The maximum Gasteiger partial charge on any atom is 0.250 e. The van der Waals surface area contributed by atoms with Gasteiger partial charge in [0.05, 0.1) is 0 Å². The van der Waals surface area contributed by atoms with Gasteiger partial charge in [-0.3, -0.25) is 4.79 Å². The van der Waals surface area contributed by atoms with Crippen LogP contribution in [0.25, 0.3) is 0 Å². The Bertz CT molecular complexity index is 713. The number of amides is 1. The molecule has 5 nitrogen and oxygen atoms in total. The Morgan fingerprint density at radius 2 is 1.87 bits per heavy atom. The van der Waals surface area contributed by atoms with E-state index in [1.165, 1.54) is 18.3 Å². The minimum atomic E-state index is -3.47. The molecule has 23 heavy (non-hydrogen) atoms. The average Bonchev–Trinajstić information content (AvgIpc) is 3.06. The van der Waals surface area contributed by atoms with Gasteiger partial charge in [0.25, 0.3) is 0 Å². The number of carbonyl (C=O) groups excluding carboxylic acids is 1. The highest BCUT2D eigenvalue weighted by Crippen LogP contribution is 2.14. The molecule has 0 spiro atoms. The molecule has 1 heterocycles. The van der Waals surface area contributed by atoms with Gasteiger partial charge in [-0.1, -0.05) is 36.4 Å². The second-order valence-electron chi connectivity index (χ2n) is 5.07. The van der Waals surface area contributed by atoms with Gasteiger partial charge in [-0.25, -0.2) is 13.1 Å². The molecule has 7 heteroatoms. The molecular weight excluding hydrogens is 332 g/mol. The number of nitrogens with zero attached hydrogens (tertiary/aromatic N) is 1. The summed E-state index contributed by atoms with van der Waals surface area (Å²) in [5.41, 5.74) is 1.15. The van der Waals surface area contributed by atoms with Crippen molar-refractivity contribution in [3.05, 3.63) is 53.4 Å². The Balaban J connectivity index is 1.84. The first-order chi connectivity index (χ1) is 11.0. The summed E-state index contributed by atoms with van der Waals surface area (Å²) in [6.07, 6.45) is 0.748. The van der Waals surface area contributed by atoms with Crippen LogP contribution >= 0.6 is 11.3 Å². The molecule has 0 unspecified atom stereocenters. The number of carbonyl (C=O) groups is 1. The van der Waals surface area contributed by atoms with Crippen molar-refractivity contribution in [2.75, 3.05) is 19.6 Å². The van der Waals surface area contributed by atoms with Crippen molar-refractivity contribution < 1.29 is 13.2 Å². The van der Waals surface area contributed by atoms with Gasteiger partial charge in [0.2, 0.25) is 15.9 Å². The van der Waals surface area contributed by atoms with Crippen LogP contribution in [0.4, 0.5) is 0 Å². The fraction of sp³-hybridized carbons (Fsp3) is 0.312. The summed E-state index contributed by atoms with van der Waals surface area (Å²) in [6.45, 7) is 2.63. The zero-order chi connectivity index (χ0) is 16.7. The van der Waals surface area contributed by atoms with Crippen molar-refractivity contribution in [2.45, 2.75) is 17.6 Å². The third-order valence-corrected chi connectivity index (χ3v) is 6.25. The molecule has 1 amide bonds. The minimum Gasteiger partial charge on any atom is -0.341 e. The van der Waals surface area contributed by atoms with Crippen molar-refractivity contribution in [1.82, 2.24) is 9.62 Å². The normalized spacial score (nSPS) is 11.3. The van der Waals surface area contributed by atoms with E-state index in [0.717, 1.165) is 12.0 Å². The molecule has 0 aliphatic carbocycles. The van der Waals surface area contributed by atoms with Gasteiger partial charge in [-0.2, -0.15) is 0 Å². The number of nitrogens with one attached hydrogen (secondary N) is 1. The molecule has 0 atom stereocenters. The van der Waals surface area contributed by atoms with E-state index in [1.54, 1.807) is 22.4 Å². The molecule has 1 N–H and O–H groups in total. The Morgan fingerprint density at radius 3 is 2.48 bits per heavy atom. The lowest BCUT2D eigenvalue weighted by molar-refractivity contribution is -0.128. The molecule has 0 fully saturated rings. The summed E-state index contributed by atoms with van der Waals surface area (Å²) in [4.78, 5) is 13.4. The minimum absolute atomic E-state index is 0.0590. The van der Waals surface area contributed by atoms with E-state index in [0.29, 0.717) is 13.1 Å². The van der Waals surface area contributed by atoms with E-state index in [-0.39, 0.29) is 16.7 Å². The number of sulfonamides is 1. The molecule has 0 bridgehead atoms. The van der Waals surface area contributed by atoms with Gasteiger partial charge >= 0.3 is 0 Å². The Labute approximate surface area is 141 Å². The van der Waals surface area contributed by atoms with Gasteiger partial charge in [0, 0.05) is 26.6 Å². The van der Waals surface area contributed by atoms with Crippen molar-refractivity contribution in [3.63, 3.8) is 0 Å². The SMILES string of the molecule is CC(=O)N(CCNS(=O)(=O)c1cccs1)CCc1ccccc1. The van der Waals surface area contributed by atoms with Crippen LogP contribution in [0.1, 0.15) is 12.5 Å². The van der Waals surface area contributed by atoms with E-state index in [2.05, 4.69) is 4.72 Å². The lowest BCUT2D eigenvalue weighted by Gasteiger charge is -2.21. The fourth-order valence-electron chi connectivity index (χ4n) is 2.14. The van der Waals surface area contributed by atoms with Crippen molar-refractivity contribution >= 4 is 27.3 Å². The van der Waals surface area contributed by atoms with Gasteiger partial charge in [0.15, 0.2) is 0 Å². The fourth-order valence-corrected chi connectivity index (χ4v) is 4.20. The van der Waals surface area contributed by atoms with Crippen LogP contribution in [-0.4, -0.2) is 38.9 Å². The van der Waals surface area contributed by atoms with Crippen LogP contribution in [0.3, 0.4) is 0 Å². The zero-order valence-electron chi connectivity index (χ0n) is 12.9. The molecule has 2 aromatic rings. The quantitative estimate of drug-likeness (QED) is 0.791. The second kappa shape index (κ2) is 8.24. The molecule has 0 saturated carbocycles. The van der Waals surface area contributed by atoms with Crippen LogP contribution in [0.15, 0.2) is 52.1 Å². The average molecular weight is 352 g/mol. The number of hydrogen-bond donors (Lipinski definition) is 1. The predicted octanol–water partition coefficient (Wildman–Crippen LogP) is 2.12. The van der Waals surface area contributed by atoms with E-state index >= 15 is 0 Å². The molecule has 124 valence electrons. The Morgan fingerprint density at radius 1 is 1.13 bits per heavy atom. The first kappa shape index (κ1) is 17.7. The number of rotatable bonds is 8. The first-order valence-corrected chi connectivity index (χ1v) is 9.68. The highest BCUT2D eigenvalue weighted by Gasteiger charge is 2.15. The zero-order valence-corrected chi connectivity index (χ0v) is 14.6. The second-order valence-corrected chi connectivity index (χ2v) is 8.01. The first-order valence-electron chi connectivity index (χ1n) is 7.31. The third kappa shape index (κ3) is 5.46.